The molecule has 0 heterocycles. The summed E-state index contributed by atoms with van der Waals surface area (Å²) in [5.41, 5.74) is 4.54. The van der Waals surface area contributed by atoms with E-state index in [9.17, 15) is 0 Å². The number of nitrogens with one attached hydrogen (secondary N) is 1. The maximum Gasteiger partial charge on any atom is 0.00204 e. The molecular weight excluding hydrogens is 230 g/mol. The van der Waals surface area contributed by atoms with Crippen molar-refractivity contribution in [2.24, 2.45) is 0 Å². The fourth-order valence-corrected chi connectivity index (χ4v) is 3.01. The molecule has 3 rings (SSSR count). The Morgan fingerprint density at radius 3 is 2.63 bits per heavy atom. The molecule has 2 aromatic carbocycles. The van der Waals surface area contributed by atoms with Gasteiger partial charge in [0.15, 0.2) is 0 Å². The van der Waals surface area contributed by atoms with Gasteiger partial charge in [-0.1, -0.05) is 54.6 Å². The summed E-state index contributed by atoms with van der Waals surface area (Å²) in [6.45, 7) is 2.19. The number of hydrogen-bond donors (Lipinski definition) is 1. The van der Waals surface area contributed by atoms with E-state index < -0.39 is 0 Å². The SMILES string of the molecule is c1ccc(CCNCC2CCc3ccccc32)cc1. The summed E-state index contributed by atoms with van der Waals surface area (Å²) in [6.07, 6.45) is 3.67. The first-order chi connectivity index (χ1) is 9.43. The Hall–Kier alpha value is -1.60. The van der Waals surface area contributed by atoms with Gasteiger partial charge in [-0.2, -0.15) is 0 Å². The summed E-state index contributed by atoms with van der Waals surface area (Å²) >= 11 is 0. The van der Waals surface area contributed by atoms with Gasteiger partial charge >= 0.3 is 0 Å². The highest BCUT2D eigenvalue weighted by Gasteiger charge is 2.20. The molecule has 1 unspecified atom stereocenters. The molecule has 1 atom stereocenters. The van der Waals surface area contributed by atoms with Crippen LogP contribution in [0.4, 0.5) is 0 Å². The smallest absolute Gasteiger partial charge is 0.00204 e. The monoisotopic (exact) mass is 251 g/mol. The molecule has 0 radical (unpaired) electrons. The molecule has 0 spiro atoms. The van der Waals surface area contributed by atoms with Gasteiger partial charge in [0.2, 0.25) is 0 Å². The van der Waals surface area contributed by atoms with Crippen LogP contribution in [0.25, 0.3) is 0 Å². The standard InChI is InChI=1S/C18H21N/c1-2-6-15(7-3-1)12-13-19-14-17-11-10-16-8-4-5-9-18(16)17/h1-9,17,19H,10-14H2. The minimum atomic E-state index is 0.715. The molecule has 1 heteroatoms. The van der Waals surface area contributed by atoms with Gasteiger partial charge in [-0.25, -0.2) is 0 Å². The number of aryl methyl sites for hydroxylation is 1. The maximum atomic E-state index is 3.62. The van der Waals surface area contributed by atoms with Crippen LogP contribution < -0.4 is 5.32 Å². The molecule has 1 aliphatic rings. The molecule has 1 aliphatic carbocycles. The van der Waals surface area contributed by atoms with Crippen LogP contribution in [0, 0.1) is 0 Å². The minimum Gasteiger partial charge on any atom is -0.316 e. The van der Waals surface area contributed by atoms with Gasteiger partial charge in [-0.05, 0) is 48.4 Å². The summed E-state index contributed by atoms with van der Waals surface area (Å²) in [5, 5.41) is 3.62. The highest BCUT2D eigenvalue weighted by molar-refractivity contribution is 5.35. The van der Waals surface area contributed by atoms with E-state index in [0.29, 0.717) is 5.92 Å². The van der Waals surface area contributed by atoms with E-state index in [1.165, 1.54) is 18.4 Å². The Labute approximate surface area is 115 Å². The summed E-state index contributed by atoms with van der Waals surface area (Å²) in [6, 6.07) is 19.6. The largest absolute Gasteiger partial charge is 0.316 e. The summed E-state index contributed by atoms with van der Waals surface area (Å²) in [5.74, 6) is 0.715. The minimum absolute atomic E-state index is 0.715. The zero-order valence-corrected chi connectivity index (χ0v) is 11.3. The quantitative estimate of drug-likeness (QED) is 0.801. The highest BCUT2D eigenvalue weighted by atomic mass is 14.9. The Balaban J connectivity index is 1.47. The molecule has 19 heavy (non-hydrogen) atoms. The Bertz CT molecular complexity index is 518. The van der Waals surface area contributed by atoms with E-state index in [-0.39, 0.29) is 0 Å². The van der Waals surface area contributed by atoms with Crippen LogP contribution in [0.3, 0.4) is 0 Å². The molecule has 1 N–H and O–H groups in total. The third-order valence-electron chi connectivity index (χ3n) is 4.08. The van der Waals surface area contributed by atoms with Crippen LogP contribution in [-0.4, -0.2) is 13.1 Å². The second-order valence-electron chi connectivity index (χ2n) is 5.37. The molecule has 98 valence electrons. The van der Waals surface area contributed by atoms with E-state index in [1.807, 2.05) is 0 Å². The highest BCUT2D eigenvalue weighted by Crippen LogP contribution is 2.31. The van der Waals surface area contributed by atoms with Crippen molar-refractivity contribution in [3.8, 4) is 0 Å². The molecule has 0 saturated heterocycles. The van der Waals surface area contributed by atoms with Crippen molar-refractivity contribution in [1.82, 2.24) is 5.32 Å². The van der Waals surface area contributed by atoms with Gasteiger partial charge in [0.05, 0.1) is 0 Å². The molecular formula is C18H21N. The van der Waals surface area contributed by atoms with Crippen LogP contribution in [0.15, 0.2) is 54.6 Å². The van der Waals surface area contributed by atoms with Crippen molar-refractivity contribution in [1.29, 1.82) is 0 Å². The Morgan fingerprint density at radius 1 is 0.947 bits per heavy atom. The second kappa shape index (κ2) is 6.03. The predicted octanol–water partition coefficient (Wildman–Crippen LogP) is 3.55. The van der Waals surface area contributed by atoms with Gasteiger partial charge in [-0.3, -0.25) is 0 Å². The van der Waals surface area contributed by atoms with E-state index in [0.717, 1.165) is 19.5 Å². The van der Waals surface area contributed by atoms with Crippen molar-refractivity contribution < 1.29 is 0 Å². The van der Waals surface area contributed by atoms with E-state index >= 15 is 0 Å². The molecule has 0 saturated carbocycles. The van der Waals surface area contributed by atoms with Crippen molar-refractivity contribution in [2.45, 2.75) is 25.2 Å². The lowest BCUT2D eigenvalue weighted by molar-refractivity contribution is 0.580. The van der Waals surface area contributed by atoms with E-state index in [1.54, 1.807) is 11.1 Å². The summed E-state index contributed by atoms with van der Waals surface area (Å²) in [4.78, 5) is 0. The third-order valence-corrected chi connectivity index (χ3v) is 4.08. The molecule has 0 bridgehead atoms. The molecule has 0 aliphatic heterocycles. The van der Waals surface area contributed by atoms with Crippen molar-refractivity contribution in [3.05, 3.63) is 71.3 Å². The number of benzene rings is 2. The fourth-order valence-electron chi connectivity index (χ4n) is 3.01. The molecule has 2 aromatic rings. The normalized spacial score (nSPS) is 17.4. The molecule has 0 aromatic heterocycles. The third kappa shape index (κ3) is 3.05. The van der Waals surface area contributed by atoms with Gasteiger partial charge < -0.3 is 5.32 Å². The number of rotatable bonds is 5. The van der Waals surface area contributed by atoms with Crippen LogP contribution in [-0.2, 0) is 12.8 Å². The van der Waals surface area contributed by atoms with Gasteiger partial charge in [0.25, 0.3) is 0 Å². The van der Waals surface area contributed by atoms with Crippen molar-refractivity contribution in [2.75, 3.05) is 13.1 Å². The fraction of sp³-hybridized carbons (Fsp3) is 0.333. The van der Waals surface area contributed by atoms with Crippen LogP contribution >= 0.6 is 0 Å². The van der Waals surface area contributed by atoms with Crippen molar-refractivity contribution >= 4 is 0 Å². The number of hydrogen-bond acceptors (Lipinski definition) is 1. The lowest BCUT2D eigenvalue weighted by atomic mass is 10.0. The average Bonchev–Trinajstić information content (AvgIpc) is 2.88. The lowest BCUT2D eigenvalue weighted by Gasteiger charge is -2.12. The summed E-state index contributed by atoms with van der Waals surface area (Å²) < 4.78 is 0. The second-order valence-corrected chi connectivity index (χ2v) is 5.37. The Morgan fingerprint density at radius 2 is 1.74 bits per heavy atom. The average molecular weight is 251 g/mol. The molecule has 0 fully saturated rings. The van der Waals surface area contributed by atoms with Gasteiger partial charge in [0, 0.05) is 6.54 Å². The first-order valence-corrected chi connectivity index (χ1v) is 7.26. The number of fused-ring (bicyclic) bond motifs is 1. The van der Waals surface area contributed by atoms with Crippen molar-refractivity contribution in [3.63, 3.8) is 0 Å². The van der Waals surface area contributed by atoms with E-state index in [2.05, 4.69) is 59.9 Å². The summed E-state index contributed by atoms with van der Waals surface area (Å²) in [7, 11) is 0. The van der Waals surface area contributed by atoms with Gasteiger partial charge in [-0.15, -0.1) is 0 Å². The van der Waals surface area contributed by atoms with Crippen LogP contribution in [0.5, 0.6) is 0 Å². The van der Waals surface area contributed by atoms with Crippen LogP contribution in [0.2, 0.25) is 0 Å². The topological polar surface area (TPSA) is 12.0 Å². The first-order valence-electron chi connectivity index (χ1n) is 7.26. The maximum absolute atomic E-state index is 3.62. The lowest BCUT2D eigenvalue weighted by Crippen LogP contribution is -2.22. The first kappa shape index (κ1) is 12.4. The van der Waals surface area contributed by atoms with Gasteiger partial charge in [0.1, 0.15) is 0 Å². The Kier molecular flexibility index (Phi) is 3.95. The zero-order valence-electron chi connectivity index (χ0n) is 11.3. The van der Waals surface area contributed by atoms with E-state index in [4.69, 9.17) is 0 Å². The van der Waals surface area contributed by atoms with Crippen LogP contribution in [0.1, 0.15) is 29.0 Å². The molecule has 0 amide bonds. The predicted molar refractivity (Wildman–Crippen MR) is 80.5 cm³/mol. The zero-order chi connectivity index (χ0) is 12.9. The molecule has 1 nitrogen and oxygen atoms in total.